The Kier molecular flexibility index (Phi) is 4.69. The van der Waals surface area contributed by atoms with Crippen molar-refractivity contribution in [2.75, 3.05) is 12.3 Å². The van der Waals surface area contributed by atoms with Crippen LogP contribution in [0.1, 0.15) is 19.4 Å². The van der Waals surface area contributed by atoms with Gasteiger partial charge >= 0.3 is 0 Å². The Morgan fingerprint density at radius 3 is 2.76 bits per heavy atom. The number of nitrogens with two attached hydrogens (primary N) is 1. The first-order chi connectivity index (χ1) is 7.99. The van der Waals surface area contributed by atoms with Crippen LogP contribution in [0.15, 0.2) is 23.1 Å². The van der Waals surface area contributed by atoms with E-state index >= 15 is 0 Å². The number of anilines is 1. The zero-order valence-electron chi connectivity index (χ0n) is 10.3. The van der Waals surface area contributed by atoms with Gasteiger partial charge in [-0.15, -0.1) is 0 Å². The normalized spacial score (nSPS) is 14.1. The molecule has 0 heterocycles. The molecule has 0 bridgehead atoms. The maximum absolute atomic E-state index is 12.2. The van der Waals surface area contributed by atoms with Crippen LogP contribution < -0.4 is 11.1 Å². The first-order valence-electron chi connectivity index (χ1n) is 5.52. The molecule has 2 unspecified atom stereocenters. The lowest BCUT2D eigenvalue weighted by atomic mass is 10.2. The molecule has 0 saturated heterocycles. The molecule has 0 fully saturated rings. The van der Waals surface area contributed by atoms with Crippen molar-refractivity contribution >= 4 is 22.4 Å². The summed E-state index contributed by atoms with van der Waals surface area (Å²) in [6.45, 7) is 5.86. The fraction of sp³-hybridized carbons (Fsp3) is 0.417. The molecule has 0 spiro atoms. The second-order valence-corrected chi connectivity index (χ2v) is 5.56. The number of nitrogen functional groups attached to an aromatic ring is 1. The van der Waals surface area contributed by atoms with Gasteiger partial charge in [-0.3, -0.25) is 9.00 Å². The molecule has 2 atom stereocenters. The van der Waals surface area contributed by atoms with E-state index in [1.54, 1.807) is 19.1 Å². The molecule has 94 valence electrons. The van der Waals surface area contributed by atoms with Gasteiger partial charge in [-0.1, -0.05) is 12.1 Å². The molecular formula is C12H18N2O2S. The van der Waals surface area contributed by atoms with E-state index in [4.69, 9.17) is 5.73 Å². The van der Waals surface area contributed by atoms with E-state index in [0.717, 1.165) is 5.56 Å². The summed E-state index contributed by atoms with van der Waals surface area (Å²) in [6, 6.07) is 5.35. The zero-order valence-corrected chi connectivity index (χ0v) is 11.1. The smallest absolute Gasteiger partial charge is 0.235 e. The predicted molar refractivity (Wildman–Crippen MR) is 70.1 cm³/mol. The van der Waals surface area contributed by atoms with Crippen molar-refractivity contribution in [1.82, 2.24) is 5.32 Å². The number of hydrogen-bond donors (Lipinski definition) is 2. The van der Waals surface area contributed by atoms with E-state index in [2.05, 4.69) is 5.32 Å². The Hall–Kier alpha value is -1.36. The van der Waals surface area contributed by atoms with Crippen LogP contribution in [0.2, 0.25) is 0 Å². The number of benzene rings is 1. The number of para-hydroxylation sites is 1. The summed E-state index contributed by atoms with van der Waals surface area (Å²) in [4.78, 5) is 12.1. The first-order valence-corrected chi connectivity index (χ1v) is 6.73. The average Bonchev–Trinajstić information content (AvgIpc) is 2.31. The van der Waals surface area contributed by atoms with Crippen molar-refractivity contribution in [3.8, 4) is 0 Å². The van der Waals surface area contributed by atoms with Crippen molar-refractivity contribution in [3.05, 3.63) is 23.8 Å². The van der Waals surface area contributed by atoms with Crippen LogP contribution in [0, 0.1) is 6.92 Å². The van der Waals surface area contributed by atoms with Gasteiger partial charge in [0.05, 0.1) is 21.4 Å². The summed E-state index contributed by atoms with van der Waals surface area (Å²) in [6.07, 6.45) is 0. The zero-order chi connectivity index (χ0) is 13.0. The lowest BCUT2D eigenvalue weighted by Crippen LogP contribution is -2.35. The van der Waals surface area contributed by atoms with Gasteiger partial charge in [0, 0.05) is 6.54 Å². The predicted octanol–water partition coefficient (Wildman–Crippen LogP) is 1.21. The van der Waals surface area contributed by atoms with E-state index < -0.39 is 16.0 Å². The summed E-state index contributed by atoms with van der Waals surface area (Å²) in [5.41, 5.74) is 7.25. The number of carbonyl (C=O) groups is 1. The quantitative estimate of drug-likeness (QED) is 0.793. The van der Waals surface area contributed by atoms with E-state index in [0.29, 0.717) is 17.1 Å². The van der Waals surface area contributed by atoms with Gasteiger partial charge in [0.2, 0.25) is 5.91 Å². The van der Waals surface area contributed by atoms with Crippen molar-refractivity contribution in [1.29, 1.82) is 0 Å². The second kappa shape index (κ2) is 5.82. The van der Waals surface area contributed by atoms with Gasteiger partial charge in [-0.25, -0.2) is 0 Å². The molecule has 0 aliphatic carbocycles. The third-order valence-corrected chi connectivity index (χ3v) is 4.19. The van der Waals surface area contributed by atoms with Crippen molar-refractivity contribution in [3.63, 3.8) is 0 Å². The minimum Gasteiger partial charge on any atom is -0.398 e. The second-order valence-electron chi connectivity index (χ2n) is 3.82. The Bertz CT molecular complexity index is 446. The molecule has 1 aromatic carbocycles. The molecule has 3 N–H and O–H groups in total. The SMILES string of the molecule is CCNC(=O)C(C)S(=O)c1cccc(C)c1N. The van der Waals surface area contributed by atoms with Crippen LogP contribution in [0.3, 0.4) is 0 Å². The number of hydrogen-bond acceptors (Lipinski definition) is 3. The molecule has 17 heavy (non-hydrogen) atoms. The lowest BCUT2D eigenvalue weighted by molar-refractivity contribution is -0.120. The van der Waals surface area contributed by atoms with Crippen LogP contribution in [-0.2, 0) is 15.6 Å². The Balaban J connectivity index is 2.97. The molecule has 1 amide bonds. The fourth-order valence-corrected chi connectivity index (χ4v) is 2.68. The van der Waals surface area contributed by atoms with Gasteiger partial charge in [-0.2, -0.15) is 0 Å². The molecule has 1 aromatic rings. The minimum atomic E-state index is -1.42. The molecule has 4 nitrogen and oxygen atoms in total. The third kappa shape index (κ3) is 3.06. The molecule has 1 rings (SSSR count). The molecular weight excluding hydrogens is 236 g/mol. The summed E-state index contributed by atoms with van der Waals surface area (Å²) < 4.78 is 12.2. The average molecular weight is 254 g/mol. The van der Waals surface area contributed by atoms with Crippen LogP contribution in [0.25, 0.3) is 0 Å². The largest absolute Gasteiger partial charge is 0.398 e. The molecule has 0 aliphatic rings. The van der Waals surface area contributed by atoms with Gasteiger partial charge in [0.1, 0.15) is 5.25 Å². The summed E-state index contributed by atoms with van der Waals surface area (Å²) in [7, 11) is -1.42. The lowest BCUT2D eigenvalue weighted by Gasteiger charge is -2.13. The minimum absolute atomic E-state index is 0.216. The first kappa shape index (κ1) is 13.7. The summed E-state index contributed by atoms with van der Waals surface area (Å²) in [5.74, 6) is -0.216. The standard InChI is InChI=1S/C12H18N2O2S/c1-4-14-12(15)9(3)17(16)10-7-5-6-8(2)11(10)13/h5-7,9H,4,13H2,1-3H3,(H,14,15). The number of aryl methyl sites for hydroxylation is 1. The maximum atomic E-state index is 12.2. The molecule has 0 radical (unpaired) electrons. The van der Waals surface area contributed by atoms with Crippen LogP contribution in [0.5, 0.6) is 0 Å². The Morgan fingerprint density at radius 2 is 2.18 bits per heavy atom. The van der Waals surface area contributed by atoms with E-state index in [1.165, 1.54) is 0 Å². The van der Waals surface area contributed by atoms with Crippen LogP contribution in [-0.4, -0.2) is 21.9 Å². The van der Waals surface area contributed by atoms with E-state index in [9.17, 15) is 9.00 Å². The van der Waals surface area contributed by atoms with Crippen molar-refractivity contribution < 1.29 is 9.00 Å². The third-order valence-electron chi connectivity index (χ3n) is 2.54. The summed E-state index contributed by atoms with van der Waals surface area (Å²) in [5, 5.41) is 2.06. The molecule has 0 aromatic heterocycles. The maximum Gasteiger partial charge on any atom is 0.235 e. The number of amides is 1. The van der Waals surface area contributed by atoms with Crippen molar-refractivity contribution in [2.45, 2.75) is 30.9 Å². The molecule has 5 heteroatoms. The van der Waals surface area contributed by atoms with Gasteiger partial charge < -0.3 is 11.1 Å². The molecule has 0 saturated carbocycles. The number of carbonyl (C=O) groups excluding carboxylic acids is 1. The number of rotatable bonds is 4. The highest BCUT2D eigenvalue weighted by Gasteiger charge is 2.22. The highest BCUT2D eigenvalue weighted by molar-refractivity contribution is 7.86. The fourth-order valence-electron chi connectivity index (χ4n) is 1.43. The van der Waals surface area contributed by atoms with E-state index in [-0.39, 0.29) is 5.91 Å². The van der Waals surface area contributed by atoms with E-state index in [1.807, 2.05) is 19.9 Å². The summed E-state index contributed by atoms with van der Waals surface area (Å²) >= 11 is 0. The van der Waals surface area contributed by atoms with Gasteiger partial charge in [-0.05, 0) is 32.4 Å². The monoisotopic (exact) mass is 254 g/mol. The van der Waals surface area contributed by atoms with Gasteiger partial charge in [0.15, 0.2) is 0 Å². The Labute approximate surface area is 104 Å². The topological polar surface area (TPSA) is 72.2 Å². The van der Waals surface area contributed by atoms with Crippen molar-refractivity contribution in [2.24, 2.45) is 0 Å². The van der Waals surface area contributed by atoms with Crippen LogP contribution in [0.4, 0.5) is 5.69 Å². The van der Waals surface area contributed by atoms with Gasteiger partial charge in [0.25, 0.3) is 0 Å². The molecule has 0 aliphatic heterocycles. The highest BCUT2D eigenvalue weighted by Crippen LogP contribution is 2.22. The number of nitrogens with one attached hydrogen (secondary N) is 1. The highest BCUT2D eigenvalue weighted by atomic mass is 32.2. The Morgan fingerprint density at radius 1 is 1.53 bits per heavy atom. The van der Waals surface area contributed by atoms with Crippen LogP contribution >= 0.6 is 0 Å².